The van der Waals surface area contributed by atoms with E-state index in [1.807, 2.05) is 0 Å². The lowest BCUT2D eigenvalue weighted by Gasteiger charge is -2.19. The summed E-state index contributed by atoms with van der Waals surface area (Å²) in [5.74, 6) is -3.20. The van der Waals surface area contributed by atoms with Crippen LogP contribution in [0.2, 0.25) is 0 Å². The fourth-order valence-electron chi connectivity index (χ4n) is 8.24. The maximum absolute atomic E-state index is 12.6. The molecule has 0 saturated heterocycles. The van der Waals surface area contributed by atoms with Crippen LogP contribution in [-0.4, -0.2) is 131 Å². The monoisotopic (exact) mass is 1610 g/mol. The number of carboxylic acids is 1. The number of aliphatic carboxylic acids is 1. The van der Waals surface area contributed by atoms with Crippen molar-refractivity contribution >= 4 is 80.9 Å². The summed E-state index contributed by atoms with van der Waals surface area (Å²) < 4.78 is 186. The first-order chi connectivity index (χ1) is 50.8. The summed E-state index contributed by atoms with van der Waals surface area (Å²) in [6, 6.07) is 91.1. The minimum Gasteiger partial charge on any atom is -0.743 e. The van der Waals surface area contributed by atoms with Gasteiger partial charge in [0.2, 0.25) is 0 Å². The van der Waals surface area contributed by atoms with Crippen LogP contribution in [0.3, 0.4) is 0 Å². The summed E-state index contributed by atoms with van der Waals surface area (Å²) in [6.07, 6.45) is 0. The Balaban J connectivity index is 0.000000275. The van der Waals surface area contributed by atoms with Crippen LogP contribution in [0.25, 0.3) is 0 Å². The third-order valence-electron chi connectivity index (χ3n) is 13.7. The molecule has 576 valence electrons. The van der Waals surface area contributed by atoms with Gasteiger partial charge in [0, 0.05) is 0 Å². The first-order valence-corrected chi connectivity index (χ1v) is 39.7. The van der Waals surface area contributed by atoms with Crippen molar-refractivity contribution in [3.8, 4) is 0 Å². The van der Waals surface area contributed by atoms with Crippen molar-refractivity contribution in [2.24, 2.45) is 0 Å². The summed E-state index contributed by atoms with van der Waals surface area (Å²) in [6.45, 7) is 10.2. The van der Waals surface area contributed by atoms with E-state index in [2.05, 4.69) is 319 Å². The Morgan fingerprint density at radius 3 is 0.741 bits per heavy atom. The van der Waals surface area contributed by atoms with Gasteiger partial charge in [-0.25, -0.2) is 39.6 Å². The number of benzene rings is 9. The molecule has 9 aromatic rings. The Kier molecular flexibility index (Phi) is 37.5. The SMILES string of the molecule is C=C(COCC(F)(F)S(=O)(=O)[O-])C(=O)O.C=C(COCC(F)(F)S(=O)(=O)[O-])C(=O)OC.C=C(COCC(F)(F)S(=O)(=O)[O-])C(=O)OCC.Cc1ccc([S+](c2ccccc2)c2ccccc2)cc1.Cc1ccc([S+](c2ccccc2)c2ccccc2)cc1.Cc1ccc([S+](c2ccccc2)c2ccccc2)cc1. The first kappa shape index (κ1) is 91.2. The van der Waals surface area contributed by atoms with Crippen LogP contribution in [0.5, 0.6) is 0 Å². The Labute approximate surface area is 634 Å². The van der Waals surface area contributed by atoms with E-state index in [9.17, 15) is 79.6 Å². The van der Waals surface area contributed by atoms with Crippen molar-refractivity contribution in [2.75, 3.05) is 53.4 Å². The van der Waals surface area contributed by atoms with Gasteiger partial charge in [-0.15, -0.1) is 0 Å². The molecular formula is C78H78F6O18S6. The van der Waals surface area contributed by atoms with E-state index in [-0.39, 0.29) is 50.4 Å². The number of hydrogen-bond donors (Lipinski definition) is 1. The number of esters is 2. The van der Waals surface area contributed by atoms with E-state index in [0.29, 0.717) is 0 Å². The van der Waals surface area contributed by atoms with E-state index in [1.165, 1.54) is 67.7 Å². The minimum atomic E-state index is -5.81. The van der Waals surface area contributed by atoms with Gasteiger partial charge < -0.3 is 42.4 Å². The van der Waals surface area contributed by atoms with Crippen LogP contribution in [0, 0.1) is 20.8 Å². The van der Waals surface area contributed by atoms with Crippen LogP contribution in [-0.2, 0) is 101 Å². The van der Waals surface area contributed by atoms with Crippen LogP contribution < -0.4 is 0 Å². The van der Waals surface area contributed by atoms with E-state index in [1.54, 1.807) is 0 Å². The molecule has 18 nitrogen and oxygen atoms in total. The fourth-order valence-corrected chi connectivity index (χ4v) is 15.2. The second kappa shape index (κ2) is 44.4. The van der Waals surface area contributed by atoms with Crippen molar-refractivity contribution in [1.29, 1.82) is 0 Å². The Morgan fingerprint density at radius 2 is 0.556 bits per heavy atom. The Hall–Kier alpha value is -9.15. The highest BCUT2D eigenvalue weighted by molar-refractivity contribution is 7.97. The van der Waals surface area contributed by atoms with Gasteiger partial charge in [0.25, 0.3) is 0 Å². The number of rotatable bonds is 28. The molecule has 0 bridgehead atoms. The molecular weight excluding hydrogens is 1530 g/mol. The molecule has 0 atom stereocenters. The lowest BCUT2D eigenvalue weighted by molar-refractivity contribution is -0.139. The number of carbonyl (C=O) groups is 3. The number of aryl methyl sites for hydroxylation is 3. The average Bonchev–Trinajstić information content (AvgIpc) is 0.793. The molecule has 0 fully saturated rings. The molecule has 30 heteroatoms. The van der Waals surface area contributed by atoms with Crippen molar-refractivity contribution in [3.63, 3.8) is 0 Å². The number of carbonyl (C=O) groups excluding carboxylic acids is 2. The maximum atomic E-state index is 12.6. The van der Waals surface area contributed by atoms with E-state index in [4.69, 9.17) is 5.11 Å². The van der Waals surface area contributed by atoms with Gasteiger partial charge in [-0.1, -0.05) is 182 Å². The van der Waals surface area contributed by atoms with Crippen molar-refractivity contribution in [3.05, 3.63) is 308 Å². The molecule has 0 amide bonds. The molecule has 0 spiro atoms. The number of alkyl halides is 6. The second-order valence-electron chi connectivity index (χ2n) is 22.3. The van der Waals surface area contributed by atoms with Gasteiger partial charge in [-0.05, 0) is 137 Å². The van der Waals surface area contributed by atoms with Gasteiger partial charge in [0.1, 0.15) is 19.8 Å². The molecule has 0 aromatic heterocycles. The molecule has 0 aliphatic rings. The highest BCUT2D eigenvalue weighted by Crippen LogP contribution is 2.34. The molecule has 0 unspecified atom stereocenters. The standard InChI is InChI=1S/3C19H17S.C8H12F2O6S.C7H10F2O6S.C6H8F2O6S/c3*1-16-12-14-19(15-13-16)20(17-8-4-2-5-9-17)18-10-6-3-7-11-18;1-3-16-7(11)6(2)4-15-5-8(9,10)17(12,13)14;1-5(6(10)14-2)3-15-4-7(8,9)16(11,12)13;1-4(5(9)10)2-14-3-6(7,8)15(11,12)13/h3*2-15H,1H3;2-5H2,1H3,(H,12,13,14);1,3-4H2,2H3,(H,11,12,13);1-3H2,(H,9,10)(H,11,12,13)/q3*+1;;;/p-3. The zero-order valence-corrected chi connectivity index (χ0v) is 63.8. The molecule has 0 aliphatic carbocycles. The van der Waals surface area contributed by atoms with E-state index < -0.39 is 109 Å². The summed E-state index contributed by atoms with van der Waals surface area (Å²) >= 11 is 0. The average molecular weight is 1610 g/mol. The normalized spacial score (nSPS) is 11.4. The number of halogens is 6. The topological polar surface area (TPSA) is 289 Å². The molecule has 9 aromatic carbocycles. The quantitative estimate of drug-likeness (QED) is 0.0157. The summed E-state index contributed by atoms with van der Waals surface area (Å²) in [5.41, 5.74) is 2.84. The van der Waals surface area contributed by atoms with Crippen LogP contribution >= 0.6 is 0 Å². The van der Waals surface area contributed by atoms with Crippen LogP contribution in [0.1, 0.15) is 23.6 Å². The molecule has 108 heavy (non-hydrogen) atoms. The van der Waals surface area contributed by atoms with E-state index >= 15 is 0 Å². The highest BCUT2D eigenvalue weighted by atomic mass is 32.2. The summed E-state index contributed by atoms with van der Waals surface area (Å²) in [4.78, 5) is 44.0. The van der Waals surface area contributed by atoms with Crippen LogP contribution in [0.15, 0.2) is 335 Å². The second-order valence-corrected chi connectivity index (χ2v) is 32.9. The number of methoxy groups -OCH3 is 1. The third-order valence-corrected chi connectivity index (χ3v) is 23.0. The molecule has 0 radical (unpaired) electrons. The third kappa shape index (κ3) is 30.8. The van der Waals surface area contributed by atoms with Gasteiger partial charge in [-0.3, -0.25) is 0 Å². The number of hydrogen-bond acceptors (Lipinski definition) is 17. The predicted octanol–water partition coefficient (Wildman–Crippen LogP) is 15.2. The van der Waals surface area contributed by atoms with Gasteiger partial charge in [0.05, 0.1) is 82.9 Å². The van der Waals surface area contributed by atoms with Gasteiger partial charge in [-0.2, -0.15) is 26.3 Å². The smallest absolute Gasteiger partial charge is 0.357 e. The van der Waals surface area contributed by atoms with Crippen molar-refractivity contribution < 1.29 is 108 Å². The maximum Gasteiger partial charge on any atom is 0.357 e. The highest BCUT2D eigenvalue weighted by Gasteiger charge is 2.40. The summed E-state index contributed by atoms with van der Waals surface area (Å²) in [5, 5.41) is -5.43. The zero-order valence-electron chi connectivity index (χ0n) is 58.9. The lowest BCUT2D eigenvalue weighted by atomic mass is 10.2. The number of ether oxygens (including phenoxy) is 5. The largest absolute Gasteiger partial charge is 0.743 e. The molecule has 0 aliphatic heterocycles. The molecule has 9 rings (SSSR count). The predicted molar refractivity (Wildman–Crippen MR) is 399 cm³/mol. The Bertz CT molecular complexity index is 4230. The molecule has 0 heterocycles. The minimum absolute atomic E-state index is 0.0229. The summed E-state index contributed by atoms with van der Waals surface area (Å²) in [7, 11) is -16.4. The first-order valence-electron chi connectivity index (χ1n) is 31.8. The molecule has 1 N–H and O–H groups in total. The molecule has 0 saturated carbocycles. The Morgan fingerprint density at radius 1 is 0.361 bits per heavy atom. The van der Waals surface area contributed by atoms with E-state index in [0.717, 1.165) is 7.11 Å². The van der Waals surface area contributed by atoms with Gasteiger partial charge >= 0.3 is 33.7 Å². The van der Waals surface area contributed by atoms with Crippen molar-refractivity contribution in [2.45, 2.75) is 87.5 Å². The fraction of sp³-hybridized carbons (Fsp3) is 0.192. The number of carboxylic acid groups (broad SMARTS) is 1. The van der Waals surface area contributed by atoms with Crippen molar-refractivity contribution in [1.82, 2.24) is 0 Å². The van der Waals surface area contributed by atoms with Gasteiger partial charge in [0.15, 0.2) is 74.4 Å². The van der Waals surface area contributed by atoms with Crippen LogP contribution in [0.4, 0.5) is 26.3 Å². The zero-order chi connectivity index (χ0) is 80.3. The lowest BCUT2D eigenvalue weighted by Crippen LogP contribution is -2.34.